The van der Waals surface area contributed by atoms with Crippen molar-refractivity contribution in [3.63, 3.8) is 0 Å². The maximum atomic E-state index is 12.5. The van der Waals surface area contributed by atoms with Crippen molar-refractivity contribution in [1.29, 1.82) is 0 Å². The summed E-state index contributed by atoms with van der Waals surface area (Å²) >= 11 is 0. The zero-order valence-electron chi connectivity index (χ0n) is 16.1. The molecular formula is C22H25N3O3. The molecule has 28 heavy (non-hydrogen) atoms. The molecule has 0 saturated carbocycles. The van der Waals surface area contributed by atoms with Crippen molar-refractivity contribution in [1.82, 2.24) is 15.5 Å². The number of nitrogens with zero attached hydrogens (tertiary/aromatic N) is 1. The monoisotopic (exact) mass is 379 g/mol. The molecule has 0 spiro atoms. The first-order valence-corrected chi connectivity index (χ1v) is 9.52. The Hall–Kier alpha value is -3.15. The van der Waals surface area contributed by atoms with Crippen molar-refractivity contribution >= 4 is 17.8 Å². The average molecular weight is 379 g/mol. The van der Waals surface area contributed by atoms with Crippen LogP contribution in [-0.4, -0.2) is 35.3 Å². The number of carbonyl (C=O) groups excluding carboxylic acids is 3. The first-order valence-electron chi connectivity index (χ1n) is 9.52. The van der Waals surface area contributed by atoms with E-state index in [9.17, 15) is 14.4 Å². The first-order chi connectivity index (χ1) is 13.5. The summed E-state index contributed by atoms with van der Waals surface area (Å²) in [7, 11) is 0. The molecule has 6 heteroatoms. The Morgan fingerprint density at radius 3 is 2.39 bits per heavy atom. The summed E-state index contributed by atoms with van der Waals surface area (Å²) in [6.45, 7) is 3.68. The lowest BCUT2D eigenvalue weighted by atomic mass is 10.0. The Morgan fingerprint density at radius 1 is 1.07 bits per heavy atom. The van der Waals surface area contributed by atoms with Gasteiger partial charge in [0.1, 0.15) is 12.6 Å². The molecule has 146 valence electrons. The van der Waals surface area contributed by atoms with Crippen molar-refractivity contribution in [3.8, 4) is 0 Å². The second-order valence-electron chi connectivity index (χ2n) is 7.00. The van der Waals surface area contributed by atoms with E-state index in [0.717, 1.165) is 22.4 Å². The molecule has 6 nitrogen and oxygen atoms in total. The number of rotatable bonds is 7. The van der Waals surface area contributed by atoms with Crippen LogP contribution < -0.4 is 10.6 Å². The van der Waals surface area contributed by atoms with E-state index in [2.05, 4.69) is 17.6 Å². The lowest BCUT2D eigenvalue weighted by molar-refractivity contribution is -0.132. The van der Waals surface area contributed by atoms with Crippen molar-refractivity contribution in [2.24, 2.45) is 0 Å². The van der Waals surface area contributed by atoms with Crippen molar-refractivity contribution < 1.29 is 14.4 Å². The lowest BCUT2D eigenvalue weighted by Gasteiger charge is -2.17. The van der Waals surface area contributed by atoms with Gasteiger partial charge in [-0.3, -0.25) is 14.5 Å². The van der Waals surface area contributed by atoms with E-state index < -0.39 is 12.1 Å². The molecule has 1 aliphatic heterocycles. The van der Waals surface area contributed by atoms with Crippen LogP contribution in [-0.2, 0) is 22.4 Å². The Labute approximate surface area is 164 Å². The molecule has 1 aliphatic rings. The van der Waals surface area contributed by atoms with Gasteiger partial charge in [-0.15, -0.1) is 0 Å². The Bertz CT molecular complexity index is 849. The molecule has 2 atom stereocenters. The number of amides is 4. The third-order valence-electron chi connectivity index (χ3n) is 4.96. The van der Waals surface area contributed by atoms with Gasteiger partial charge in [0.15, 0.2) is 0 Å². The van der Waals surface area contributed by atoms with E-state index >= 15 is 0 Å². The Morgan fingerprint density at radius 2 is 1.75 bits per heavy atom. The van der Waals surface area contributed by atoms with Gasteiger partial charge in [0.2, 0.25) is 5.91 Å². The van der Waals surface area contributed by atoms with E-state index in [-0.39, 0.29) is 24.4 Å². The van der Waals surface area contributed by atoms with E-state index in [1.807, 2.05) is 61.5 Å². The lowest BCUT2D eigenvalue weighted by Crippen LogP contribution is -2.42. The number of nitrogens with one attached hydrogen (secondary N) is 2. The number of hydrogen-bond acceptors (Lipinski definition) is 3. The summed E-state index contributed by atoms with van der Waals surface area (Å²) in [6.07, 6.45) is 1.36. The van der Waals surface area contributed by atoms with Crippen LogP contribution in [0.15, 0.2) is 54.6 Å². The molecule has 3 rings (SSSR count). The minimum absolute atomic E-state index is 0.209. The second kappa shape index (κ2) is 8.69. The van der Waals surface area contributed by atoms with Crippen LogP contribution in [0, 0.1) is 0 Å². The van der Waals surface area contributed by atoms with Crippen LogP contribution >= 0.6 is 0 Å². The van der Waals surface area contributed by atoms with Gasteiger partial charge >= 0.3 is 6.03 Å². The summed E-state index contributed by atoms with van der Waals surface area (Å²) in [6, 6.07) is 16.1. The van der Waals surface area contributed by atoms with Crippen molar-refractivity contribution in [3.05, 3.63) is 71.3 Å². The van der Waals surface area contributed by atoms with Gasteiger partial charge < -0.3 is 10.6 Å². The molecule has 0 unspecified atom stereocenters. The quantitative estimate of drug-likeness (QED) is 0.726. The number of hydrogen-bond donors (Lipinski definition) is 2. The Balaban J connectivity index is 1.57. The molecule has 2 N–H and O–H groups in total. The third-order valence-corrected chi connectivity index (χ3v) is 4.96. The molecule has 1 heterocycles. The fourth-order valence-corrected chi connectivity index (χ4v) is 3.27. The molecule has 2 aromatic rings. The molecule has 1 saturated heterocycles. The summed E-state index contributed by atoms with van der Waals surface area (Å²) in [4.78, 5) is 38.1. The molecule has 2 aromatic carbocycles. The minimum atomic E-state index is -0.637. The van der Waals surface area contributed by atoms with Crippen LogP contribution in [0.25, 0.3) is 0 Å². The normalized spacial score (nSPS) is 17.4. The highest BCUT2D eigenvalue weighted by molar-refractivity contribution is 6.06. The standard InChI is InChI=1S/C22H25N3O3/c1-3-16-9-11-18(12-10-16)15(2)23-20(26)14-25-21(27)19(24-22(25)28)13-17-7-5-4-6-8-17/h4-12,15,19H,3,13-14H2,1-2H3,(H,23,26)(H,24,28)/t15-,19-/m0/s1. The summed E-state index contributed by atoms with van der Waals surface area (Å²) in [5.41, 5.74) is 3.16. The van der Waals surface area contributed by atoms with Gasteiger partial charge in [0, 0.05) is 6.42 Å². The van der Waals surface area contributed by atoms with Crippen LogP contribution in [0.4, 0.5) is 4.79 Å². The van der Waals surface area contributed by atoms with Gasteiger partial charge in [-0.05, 0) is 30.0 Å². The number of urea groups is 1. The van der Waals surface area contributed by atoms with Crippen molar-refractivity contribution in [2.45, 2.75) is 38.8 Å². The Kier molecular flexibility index (Phi) is 6.09. The van der Waals surface area contributed by atoms with Gasteiger partial charge in [0.25, 0.3) is 5.91 Å². The van der Waals surface area contributed by atoms with E-state index in [4.69, 9.17) is 0 Å². The summed E-state index contributed by atoms with van der Waals surface area (Å²) in [5, 5.41) is 5.52. The molecule has 0 aromatic heterocycles. The topological polar surface area (TPSA) is 78.5 Å². The summed E-state index contributed by atoms with van der Waals surface area (Å²) < 4.78 is 0. The van der Waals surface area contributed by atoms with Gasteiger partial charge in [-0.25, -0.2) is 4.79 Å². The van der Waals surface area contributed by atoms with Gasteiger partial charge in [0.05, 0.1) is 6.04 Å². The zero-order chi connectivity index (χ0) is 20.1. The molecular weight excluding hydrogens is 354 g/mol. The maximum absolute atomic E-state index is 12.5. The highest BCUT2D eigenvalue weighted by Gasteiger charge is 2.38. The molecule has 1 fully saturated rings. The van der Waals surface area contributed by atoms with Crippen molar-refractivity contribution in [2.75, 3.05) is 6.54 Å². The van der Waals surface area contributed by atoms with Crippen LogP contribution in [0.1, 0.15) is 36.6 Å². The number of carbonyl (C=O) groups is 3. The summed E-state index contributed by atoms with van der Waals surface area (Å²) in [5.74, 6) is -0.736. The predicted octanol–water partition coefficient (Wildman–Crippen LogP) is 2.59. The van der Waals surface area contributed by atoms with Crippen LogP contribution in [0.2, 0.25) is 0 Å². The minimum Gasteiger partial charge on any atom is -0.348 e. The fraction of sp³-hybridized carbons (Fsp3) is 0.318. The zero-order valence-corrected chi connectivity index (χ0v) is 16.1. The molecule has 4 amide bonds. The predicted molar refractivity (Wildman–Crippen MR) is 107 cm³/mol. The number of benzene rings is 2. The second-order valence-corrected chi connectivity index (χ2v) is 7.00. The first kappa shape index (κ1) is 19.6. The van der Waals surface area contributed by atoms with Crippen LogP contribution in [0.3, 0.4) is 0 Å². The number of imide groups is 1. The van der Waals surface area contributed by atoms with E-state index in [1.54, 1.807) is 0 Å². The van der Waals surface area contributed by atoms with Gasteiger partial charge in [-0.1, -0.05) is 61.5 Å². The largest absolute Gasteiger partial charge is 0.348 e. The highest BCUT2D eigenvalue weighted by atomic mass is 16.2. The van der Waals surface area contributed by atoms with E-state index in [0.29, 0.717) is 6.42 Å². The van der Waals surface area contributed by atoms with Crippen LogP contribution in [0.5, 0.6) is 0 Å². The molecule has 0 radical (unpaired) electrons. The smallest absolute Gasteiger partial charge is 0.325 e. The van der Waals surface area contributed by atoms with Gasteiger partial charge in [-0.2, -0.15) is 0 Å². The third kappa shape index (κ3) is 4.57. The number of aryl methyl sites for hydroxylation is 1. The average Bonchev–Trinajstić information content (AvgIpc) is 2.96. The molecule has 0 bridgehead atoms. The maximum Gasteiger partial charge on any atom is 0.325 e. The fourth-order valence-electron chi connectivity index (χ4n) is 3.27. The highest BCUT2D eigenvalue weighted by Crippen LogP contribution is 2.15. The SMILES string of the molecule is CCc1ccc([C@H](C)NC(=O)CN2C(=O)N[C@@H](Cc3ccccc3)C2=O)cc1. The van der Waals surface area contributed by atoms with E-state index in [1.165, 1.54) is 5.56 Å². The molecule has 0 aliphatic carbocycles.